The van der Waals surface area contributed by atoms with Crippen molar-refractivity contribution in [1.82, 2.24) is 25.2 Å². The van der Waals surface area contributed by atoms with Crippen LogP contribution in [0.5, 0.6) is 17.2 Å². The molecule has 0 atom stereocenters. The molecule has 0 aliphatic heterocycles. The molecule has 0 spiro atoms. The Labute approximate surface area is 217 Å². The molecule has 0 saturated heterocycles. The quantitative estimate of drug-likeness (QED) is 0.208. The van der Waals surface area contributed by atoms with Gasteiger partial charge in [0.15, 0.2) is 18.1 Å². The van der Waals surface area contributed by atoms with E-state index in [0.717, 1.165) is 30.5 Å². The fraction of sp³-hybridized carbons (Fsp3) is 0.480. The first kappa shape index (κ1) is 29.6. The molecular formula is C25H38N6O6. The van der Waals surface area contributed by atoms with Gasteiger partial charge in [0, 0.05) is 37.7 Å². The van der Waals surface area contributed by atoms with Crippen molar-refractivity contribution in [3.05, 3.63) is 30.2 Å². The first-order valence-corrected chi connectivity index (χ1v) is 11.6. The second-order valence-corrected chi connectivity index (χ2v) is 8.11. The minimum Gasteiger partial charge on any atom is -0.493 e. The van der Waals surface area contributed by atoms with Crippen LogP contribution in [-0.4, -0.2) is 92.2 Å². The molecule has 0 radical (unpaired) electrons. The molecule has 0 saturated carbocycles. The molecule has 37 heavy (non-hydrogen) atoms. The maximum atomic E-state index is 11.1. The molecule has 0 fully saturated rings. The molecular weight excluding hydrogens is 480 g/mol. The zero-order valence-electron chi connectivity index (χ0n) is 21.1. The summed E-state index contributed by atoms with van der Waals surface area (Å²) in [7, 11) is 7.08. The summed E-state index contributed by atoms with van der Waals surface area (Å²) >= 11 is 0. The van der Waals surface area contributed by atoms with Crippen molar-refractivity contribution < 1.29 is 28.8 Å². The maximum Gasteiger partial charge on any atom is 0.341 e. The molecule has 2 aromatic heterocycles. The number of hydrogen-bond acceptors (Lipinski definition) is 10. The highest BCUT2D eigenvalue weighted by atomic mass is 16.6. The lowest BCUT2D eigenvalue weighted by atomic mass is 10.2. The fourth-order valence-electron chi connectivity index (χ4n) is 3.70. The number of aromatic nitrogens is 3. The Morgan fingerprint density at radius 2 is 1.95 bits per heavy atom. The second kappa shape index (κ2) is 14.8. The minimum absolute atomic E-state index is 0. The number of aliphatic carboxylic acids is 1. The summed E-state index contributed by atoms with van der Waals surface area (Å²) in [6, 6.07) is 3.39. The molecule has 3 aromatic rings. The van der Waals surface area contributed by atoms with Gasteiger partial charge in [0.25, 0.3) is 0 Å². The van der Waals surface area contributed by atoms with Gasteiger partial charge in [-0.05, 0) is 39.2 Å². The monoisotopic (exact) mass is 518 g/mol. The van der Waals surface area contributed by atoms with Gasteiger partial charge >= 0.3 is 5.97 Å². The number of aromatic amines is 1. The number of anilines is 2. The van der Waals surface area contributed by atoms with Crippen LogP contribution < -0.4 is 24.8 Å². The van der Waals surface area contributed by atoms with E-state index in [4.69, 9.17) is 24.1 Å². The smallest absolute Gasteiger partial charge is 0.341 e. The summed E-state index contributed by atoms with van der Waals surface area (Å²) in [5.74, 6) is 0.377. The van der Waals surface area contributed by atoms with Crippen molar-refractivity contribution in [3.63, 3.8) is 0 Å². The van der Waals surface area contributed by atoms with Crippen molar-refractivity contribution in [2.24, 2.45) is 0 Å². The van der Waals surface area contributed by atoms with Crippen LogP contribution >= 0.6 is 0 Å². The summed E-state index contributed by atoms with van der Waals surface area (Å²) in [5.41, 5.74) is 2.34. The van der Waals surface area contributed by atoms with E-state index in [1.54, 1.807) is 19.2 Å². The number of carbonyl (C=O) groups is 1. The van der Waals surface area contributed by atoms with Gasteiger partial charge in [0.05, 0.1) is 19.1 Å². The van der Waals surface area contributed by atoms with Crippen molar-refractivity contribution in [1.29, 1.82) is 0 Å². The Morgan fingerprint density at radius 1 is 1.16 bits per heavy atom. The van der Waals surface area contributed by atoms with Gasteiger partial charge in [-0.1, -0.05) is 7.43 Å². The van der Waals surface area contributed by atoms with Crippen molar-refractivity contribution >= 4 is 28.5 Å². The van der Waals surface area contributed by atoms with Crippen molar-refractivity contribution in [3.8, 4) is 17.2 Å². The number of ether oxygens (including phenoxy) is 4. The Bertz CT molecular complexity index is 1140. The molecule has 0 aliphatic rings. The SMILES string of the molecule is C.CNCCCN(C)Cc1c[nH]c2ncnc(Nc3cc(OC)c(OCCOC)c(OCC(=O)O)c3)c12. The Balaban J connectivity index is 0.00000481. The van der Waals surface area contributed by atoms with Gasteiger partial charge < -0.3 is 44.6 Å². The van der Waals surface area contributed by atoms with E-state index in [9.17, 15) is 4.79 Å². The topological polar surface area (TPSA) is 143 Å². The Morgan fingerprint density at radius 3 is 2.65 bits per heavy atom. The number of carboxylic acid groups (broad SMARTS) is 1. The normalized spacial score (nSPS) is 10.8. The highest BCUT2D eigenvalue weighted by molar-refractivity contribution is 5.92. The molecule has 4 N–H and O–H groups in total. The lowest BCUT2D eigenvalue weighted by Crippen LogP contribution is -2.22. The number of fused-ring (bicyclic) bond motifs is 1. The average molecular weight is 519 g/mol. The molecule has 12 heteroatoms. The molecule has 0 amide bonds. The maximum absolute atomic E-state index is 11.1. The summed E-state index contributed by atoms with van der Waals surface area (Å²) in [6.07, 6.45) is 4.45. The zero-order valence-corrected chi connectivity index (χ0v) is 21.1. The van der Waals surface area contributed by atoms with Crippen LogP contribution in [0.1, 0.15) is 19.4 Å². The predicted octanol–water partition coefficient (Wildman–Crippen LogP) is 2.88. The fourth-order valence-corrected chi connectivity index (χ4v) is 3.70. The molecule has 1 aromatic carbocycles. The third kappa shape index (κ3) is 8.20. The summed E-state index contributed by atoms with van der Waals surface area (Å²) in [4.78, 5) is 25.4. The van der Waals surface area contributed by atoms with Gasteiger partial charge in [-0.25, -0.2) is 14.8 Å². The van der Waals surface area contributed by atoms with Crippen LogP contribution in [0.4, 0.5) is 11.5 Å². The number of nitrogens with zero attached hydrogens (tertiary/aromatic N) is 3. The largest absolute Gasteiger partial charge is 0.493 e. The van der Waals surface area contributed by atoms with Gasteiger partial charge in [-0.15, -0.1) is 0 Å². The molecule has 0 aliphatic carbocycles. The van der Waals surface area contributed by atoms with Crippen molar-refractivity contribution in [2.45, 2.75) is 20.4 Å². The highest BCUT2D eigenvalue weighted by Crippen LogP contribution is 2.41. The van der Waals surface area contributed by atoms with Crippen LogP contribution in [0.2, 0.25) is 0 Å². The van der Waals surface area contributed by atoms with E-state index in [0.29, 0.717) is 41.8 Å². The average Bonchev–Trinajstić information content (AvgIpc) is 3.27. The molecule has 0 unspecified atom stereocenters. The van der Waals surface area contributed by atoms with E-state index >= 15 is 0 Å². The number of H-pyrrole nitrogens is 1. The van der Waals surface area contributed by atoms with Crippen LogP contribution in [0.15, 0.2) is 24.7 Å². The highest BCUT2D eigenvalue weighted by Gasteiger charge is 2.18. The van der Waals surface area contributed by atoms with Gasteiger partial charge in [0.1, 0.15) is 24.4 Å². The van der Waals surface area contributed by atoms with Crippen LogP contribution in [0.25, 0.3) is 11.0 Å². The summed E-state index contributed by atoms with van der Waals surface area (Å²) < 4.78 is 21.8. The predicted molar refractivity (Wildman–Crippen MR) is 142 cm³/mol. The van der Waals surface area contributed by atoms with E-state index in [1.807, 2.05) is 13.2 Å². The van der Waals surface area contributed by atoms with E-state index in [-0.39, 0.29) is 19.8 Å². The van der Waals surface area contributed by atoms with Gasteiger partial charge in [-0.2, -0.15) is 0 Å². The lowest BCUT2D eigenvalue weighted by Gasteiger charge is -2.18. The Hall–Kier alpha value is -3.61. The number of carboxylic acids is 1. The second-order valence-electron chi connectivity index (χ2n) is 8.11. The Kier molecular flexibility index (Phi) is 11.9. The first-order chi connectivity index (χ1) is 17.5. The minimum atomic E-state index is -1.11. The third-order valence-electron chi connectivity index (χ3n) is 5.35. The van der Waals surface area contributed by atoms with E-state index < -0.39 is 12.6 Å². The van der Waals surface area contributed by atoms with Crippen molar-refractivity contribution in [2.75, 3.05) is 66.5 Å². The number of benzene rings is 1. The van der Waals surface area contributed by atoms with E-state index in [1.165, 1.54) is 13.4 Å². The molecule has 204 valence electrons. The molecule has 12 nitrogen and oxygen atoms in total. The van der Waals surface area contributed by atoms with E-state index in [2.05, 4.69) is 37.5 Å². The van der Waals surface area contributed by atoms with Gasteiger partial charge in [-0.3, -0.25) is 0 Å². The van der Waals surface area contributed by atoms with Crippen LogP contribution in [0.3, 0.4) is 0 Å². The molecule has 0 bridgehead atoms. The zero-order chi connectivity index (χ0) is 25.9. The summed E-state index contributed by atoms with van der Waals surface area (Å²) in [5, 5.41) is 16.5. The number of nitrogens with one attached hydrogen (secondary N) is 3. The number of methoxy groups -OCH3 is 2. The lowest BCUT2D eigenvalue weighted by molar-refractivity contribution is -0.139. The number of hydrogen-bond donors (Lipinski definition) is 4. The standard InChI is InChI=1S/C24H34N6O6.CH4/c1-25-6-5-7-30(2)13-16-12-26-23-21(16)24(28-15-27-23)29-17-10-18(34-4)22(35-9-8-33-3)19(11-17)36-14-20(31)32;/h10-12,15,25H,5-9,13-14H2,1-4H3,(H,31,32)(H2,26,27,28,29);1H4. The first-order valence-electron chi connectivity index (χ1n) is 11.6. The van der Waals surface area contributed by atoms with Gasteiger partial charge in [0.2, 0.25) is 5.75 Å². The summed E-state index contributed by atoms with van der Waals surface area (Å²) in [6.45, 7) is 2.66. The third-order valence-corrected chi connectivity index (χ3v) is 5.35. The van der Waals surface area contributed by atoms with Crippen LogP contribution in [0, 0.1) is 0 Å². The molecule has 3 rings (SSSR count). The van der Waals surface area contributed by atoms with Crippen LogP contribution in [-0.2, 0) is 16.1 Å². The number of rotatable bonds is 16. The molecule has 2 heterocycles.